The number of thiophene rings is 1. The number of esters is 1. The highest BCUT2D eigenvalue weighted by Gasteiger charge is 2.15. The Labute approximate surface area is 114 Å². The van der Waals surface area contributed by atoms with Gasteiger partial charge in [0.05, 0.1) is 16.8 Å². The molecular weight excluding hydrogens is 314 g/mol. The third-order valence-electron chi connectivity index (χ3n) is 1.93. The first-order valence-electron chi connectivity index (χ1n) is 4.71. The van der Waals surface area contributed by atoms with Crippen LogP contribution in [0.1, 0.15) is 29.8 Å². The predicted octanol–water partition coefficient (Wildman–Crippen LogP) is 3.19. The molecule has 1 heterocycles. The van der Waals surface area contributed by atoms with Crippen molar-refractivity contribution in [3.63, 3.8) is 0 Å². The average molecular weight is 329 g/mol. The Hall–Kier alpha value is -0.100. The van der Waals surface area contributed by atoms with Crippen molar-refractivity contribution in [2.75, 3.05) is 6.61 Å². The number of nitrogens with two attached hydrogens (primary N) is 1. The van der Waals surface area contributed by atoms with Crippen molar-refractivity contribution in [2.24, 2.45) is 5.73 Å². The van der Waals surface area contributed by atoms with Crippen molar-refractivity contribution < 1.29 is 9.53 Å². The van der Waals surface area contributed by atoms with Crippen LogP contribution < -0.4 is 5.73 Å². The zero-order chi connectivity index (χ0) is 11.4. The predicted molar refractivity (Wildman–Crippen MR) is 72.2 cm³/mol. The second-order valence-electron chi connectivity index (χ2n) is 3.22. The largest absolute Gasteiger partial charge is 0.466 e. The average Bonchev–Trinajstić information content (AvgIpc) is 2.47. The fourth-order valence-corrected chi connectivity index (χ4v) is 2.74. The van der Waals surface area contributed by atoms with Gasteiger partial charge < -0.3 is 10.5 Å². The second kappa shape index (κ2) is 7.27. The Bertz CT molecular complexity index is 337. The number of rotatable bonds is 4. The highest BCUT2D eigenvalue weighted by atomic mass is 79.9. The highest BCUT2D eigenvalue weighted by molar-refractivity contribution is 9.11. The molecule has 0 aliphatic carbocycles. The Balaban J connectivity index is 0.00000225. The fourth-order valence-electron chi connectivity index (χ4n) is 1.17. The van der Waals surface area contributed by atoms with E-state index in [1.165, 1.54) is 0 Å². The molecule has 1 aromatic rings. The smallest absolute Gasteiger partial charge is 0.307 e. The van der Waals surface area contributed by atoms with E-state index in [1.54, 1.807) is 18.3 Å². The summed E-state index contributed by atoms with van der Waals surface area (Å²) in [7, 11) is 0. The summed E-state index contributed by atoms with van der Waals surface area (Å²) < 4.78 is 5.91. The van der Waals surface area contributed by atoms with Gasteiger partial charge in [-0.1, -0.05) is 0 Å². The zero-order valence-electron chi connectivity index (χ0n) is 9.16. The highest BCUT2D eigenvalue weighted by Crippen LogP contribution is 2.31. The first-order chi connectivity index (χ1) is 7.04. The van der Waals surface area contributed by atoms with Crippen LogP contribution in [0, 0.1) is 6.92 Å². The molecule has 1 atom stereocenters. The molecule has 0 fully saturated rings. The lowest BCUT2D eigenvalue weighted by atomic mass is 10.2. The minimum Gasteiger partial charge on any atom is -0.466 e. The molecule has 2 N–H and O–H groups in total. The van der Waals surface area contributed by atoms with Crippen LogP contribution in [0.2, 0.25) is 0 Å². The molecule has 16 heavy (non-hydrogen) atoms. The van der Waals surface area contributed by atoms with Gasteiger partial charge in [-0.05, 0) is 41.4 Å². The van der Waals surface area contributed by atoms with Gasteiger partial charge in [0.1, 0.15) is 0 Å². The molecule has 6 heteroatoms. The van der Waals surface area contributed by atoms with Crippen molar-refractivity contribution >= 4 is 45.6 Å². The van der Waals surface area contributed by atoms with Gasteiger partial charge in [-0.15, -0.1) is 23.7 Å². The number of hydrogen-bond acceptors (Lipinski definition) is 4. The monoisotopic (exact) mass is 327 g/mol. The van der Waals surface area contributed by atoms with E-state index in [-0.39, 0.29) is 30.8 Å². The zero-order valence-corrected chi connectivity index (χ0v) is 12.4. The third-order valence-corrected chi connectivity index (χ3v) is 4.20. The lowest BCUT2D eigenvalue weighted by Gasteiger charge is -2.08. The third kappa shape index (κ3) is 4.41. The van der Waals surface area contributed by atoms with Crippen molar-refractivity contribution in [2.45, 2.75) is 26.3 Å². The molecule has 0 saturated carbocycles. The summed E-state index contributed by atoms with van der Waals surface area (Å²) in [6, 6.07) is 1.73. The molecule has 0 amide bonds. The molecule has 0 radical (unpaired) electrons. The summed E-state index contributed by atoms with van der Waals surface area (Å²) in [6.45, 7) is 4.19. The molecule has 1 rings (SSSR count). The van der Waals surface area contributed by atoms with Gasteiger partial charge in [-0.25, -0.2) is 0 Å². The summed E-state index contributed by atoms with van der Waals surface area (Å²) in [6.07, 6.45) is 0.236. The topological polar surface area (TPSA) is 52.3 Å². The minimum atomic E-state index is -0.265. The number of carbonyl (C=O) groups is 1. The first kappa shape index (κ1) is 15.9. The van der Waals surface area contributed by atoms with Crippen LogP contribution in [0.25, 0.3) is 0 Å². The summed E-state index contributed by atoms with van der Waals surface area (Å²) >= 11 is 4.99. The molecule has 0 unspecified atom stereocenters. The SMILES string of the molecule is CCOC(=O)C[C@@H](N)c1cc(C)c(Br)s1.Cl. The van der Waals surface area contributed by atoms with Crippen molar-refractivity contribution in [3.05, 3.63) is 20.3 Å². The van der Waals surface area contributed by atoms with E-state index >= 15 is 0 Å². The fraction of sp³-hybridized carbons (Fsp3) is 0.500. The minimum absolute atomic E-state index is 0. The van der Waals surface area contributed by atoms with Crippen LogP contribution in [0.3, 0.4) is 0 Å². The van der Waals surface area contributed by atoms with E-state index in [9.17, 15) is 4.79 Å². The molecular formula is C10H15BrClNO2S. The van der Waals surface area contributed by atoms with Gasteiger partial charge in [0, 0.05) is 10.9 Å². The molecule has 0 aliphatic heterocycles. The van der Waals surface area contributed by atoms with Gasteiger partial charge in [0.15, 0.2) is 0 Å². The van der Waals surface area contributed by atoms with E-state index in [2.05, 4.69) is 15.9 Å². The van der Waals surface area contributed by atoms with Crippen molar-refractivity contribution in [3.8, 4) is 0 Å². The summed E-state index contributed by atoms with van der Waals surface area (Å²) in [5.74, 6) is -0.243. The van der Waals surface area contributed by atoms with E-state index in [0.717, 1.165) is 14.2 Å². The number of carbonyl (C=O) groups excluding carboxylic acids is 1. The molecule has 0 bridgehead atoms. The Morgan fingerprint density at radius 1 is 1.69 bits per heavy atom. The molecule has 0 spiro atoms. The van der Waals surface area contributed by atoms with Crippen molar-refractivity contribution in [1.82, 2.24) is 0 Å². The number of halogens is 2. The number of aryl methyl sites for hydroxylation is 1. The van der Waals surface area contributed by atoms with E-state index in [1.807, 2.05) is 13.0 Å². The van der Waals surface area contributed by atoms with E-state index in [4.69, 9.17) is 10.5 Å². The molecule has 0 aromatic carbocycles. The van der Waals surface area contributed by atoms with Crippen LogP contribution in [0.5, 0.6) is 0 Å². The molecule has 3 nitrogen and oxygen atoms in total. The Morgan fingerprint density at radius 3 is 2.75 bits per heavy atom. The van der Waals surface area contributed by atoms with Gasteiger partial charge in [-0.3, -0.25) is 4.79 Å². The van der Waals surface area contributed by atoms with Gasteiger partial charge in [0.25, 0.3) is 0 Å². The second-order valence-corrected chi connectivity index (χ2v) is 5.62. The van der Waals surface area contributed by atoms with Crippen LogP contribution in [0.4, 0.5) is 0 Å². The van der Waals surface area contributed by atoms with Crippen LogP contribution >= 0.6 is 39.7 Å². The number of hydrogen-bond donors (Lipinski definition) is 1. The lowest BCUT2D eigenvalue weighted by Crippen LogP contribution is -2.16. The maximum absolute atomic E-state index is 11.2. The molecule has 0 aliphatic rings. The quantitative estimate of drug-likeness (QED) is 0.864. The van der Waals surface area contributed by atoms with Crippen LogP contribution in [0.15, 0.2) is 9.85 Å². The Kier molecular flexibility index (Phi) is 7.22. The van der Waals surface area contributed by atoms with Crippen LogP contribution in [-0.4, -0.2) is 12.6 Å². The summed E-state index contributed by atoms with van der Waals surface area (Å²) in [5.41, 5.74) is 7.04. The maximum Gasteiger partial charge on any atom is 0.307 e. The van der Waals surface area contributed by atoms with Crippen molar-refractivity contribution in [1.29, 1.82) is 0 Å². The van der Waals surface area contributed by atoms with Gasteiger partial charge >= 0.3 is 5.97 Å². The standard InChI is InChI=1S/C10H14BrNO2S.ClH/c1-3-14-9(13)5-7(12)8-4-6(2)10(11)15-8;/h4,7H,3,5,12H2,1-2H3;1H/t7-;/m1./s1. The molecule has 1 aromatic heterocycles. The number of ether oxygens (including phenoxy) is 1. The molecule has 0 saturated heterocycles. The van der Waals surface area contributed by atoms with Crippen LogP contribution in [-0.2, 0) is 9.53 Å². The van der Waals surface area contributed by atoms with Gasteiger partial charge in [-0.2, -0.15) is 0 Å². The Morgan fingerprint density at radius 2 is 2.31 bits per heavy atom. The van der Waals surface area contributed by atoms with E-state index in [0.29, 0.717) is 6.61 Å². The summed E-state index contributed by atoms with van der Waals surface area (Å²) in [5, 5.41) is 0. The first-order valence-corrected chi connectivity index (χ1v) is 6.32. The normalized spacial score (nSPS) is 11.8. The molecule has 92 valence electrons. The summed E-state index contributed by atoms with van der Waals surface area (Å²) in [4.78, 5) is 12.2. The maximum atomic E-state index is 11.2. The lowest BCUT2D eigenvalue weighted by molar-refractivity contribution is -0.143. The van der Waals surface area contributed by atoms with E-state index < -0.39 is 0 Å². The van der Waals surface area contributed by atoms with Gasteiger partial charge in [0.2, 0.25) is 0 Å².